The molecule has 0 fully saturated rings. The monoisotopic (exact) mass is 292 g/mol. The lowest BCUT2D eigenvalue weighted by Gasteiger charge is -2.26. The number of anilines is 1. The first kappa shape index (κ1) is 13.0. The highest BCUT2D eigenvalue weighted by Gasteiger charge is 2.20. The third kappa shape index (κ3) is 2.14. The molecule has 0 spiro atoms. The zero-order valence-corrected chi connectivity index (χ0v) is 11.6. The van der Waals surface area contributed by atoms with Gasteiger partial charge in [0, 0.05) is 36.3 Å². The number of thioether (sulfide) groups is 1. The second-order valence-electron chi connectivity index (χ2n) is 4.48. The van der Waals surface area contributed by atoms with Crippen molar-refractivity contribution in [3.05, 3.63) is 35.1 Å². The van der Waals surface area contributed by atoms with Crippen LogP contribution in [0.15, 0.2) is 29.6 Å². The highest BCUT2D eigenvalue weighted by molar-refractivity contribution is 8.04. The minimum Gasteiger partial charge on any atom is -0.346 e. The third-order valence-corrected chi connectivity index (χ3v) is 4.22. The van der Waals surface area contributed by atoms with Gasteiger partial charge < -0.3 is 9.88 Å². The van der Waals surface area contributed by atoms with Crippen LogP contribution in [0, 0.1) is 6.92 Å². The summed E-state index contributed by atoms with van der Waals surface area (Å²) in [6.45, 7) is 2.76. The molecule has 1 aliphatic rings. The molecule has 0 aromatic carbocycles. The van der Waals surface area contributed by atoms with Crippen LogP contribution in [-0.4, -0.2) is 28.2 Å². The minimum absolute atomic E-state index is 0.372. The maximum Gasteiger partial charge on any atom is 0.286 e. The van der Waals surface area contributed by atoms with Gasteiger partial charge in [-0.15, -0.1) is 11.8 Å². The standard InChI is InChI=1S/C13H13FN4OS/c1-8-6-16-12-11(8)9(2-3-15-12)18-4-5-20-10(7-18)13(19)17-14/h2-3,6-7H,4-5H2,1H3,(H,15,16)(H,17,19). The normalized spacial score (nSPS) is 15.3. The summed E-state index contributed by atoms with van der Waals surface area (Å²) >= 11 is 1.35. The van der Waals surface area contributed by atoms with Gasteiger partial charge in [0.2, 0.25) is 0 Å². The van der Waals surface area contributed by atoms with Gasteiger partial charge in [0.25, 0.3) is 5.91 Å². The molecule has 0 bridgehead atoms. The number of H-pyrrole nitrogens is 1. The molecule has 3 rings (SSSR count). The fourth-order valence-electron chi connectivity index (χ4n) is 2.30. The number of aromatic nitrogens is 2. The molecule has 0 saturated carbocycles. The Bertz CT molecular complexity index is 697. The van der Waals surface area contributed by atoms with Crippen LogP contribution in [0.5, 0.6) is 0 Å². The van der Waals surface area contributed by atoms with Crippen LogP contribution in [0.2, 0.25) is 0 Å². The first-order valence-electron chi connectivity index (χ1n) is 6.15. The molecular weight excluding hydrogens is 279 g/mol. The molecule has 5 nitrogen and oxygen atoms in total. The van der Waals surface area contributed by atoms with Crippen molar-refractivity contribution in [2.75, 3.05) is 17.2 Å². The Morgan fingerprint density at radius 2 is 2.45 bits per heavy atom. The molecule has 7 heteroatoms. The molecule has 0 saturated heterocycles. The van der Waals surface area contributed by atoms with Crippen LogP contribution in [0.1, 0.15) is 5.56 Å². The summed E-state index contributed by atoms with van der Waals surface area (Å²) in [5.41, 5.74) is 4.05. The Morgan fingerprint density at radius 1 is 1.60 bits per heavy atom. The van der Waals surface area contributed by atoms with Crippen molar-refractivity contribution in [1.29, 1.82) is 0 Å². The molecule has 3 heterocycles. The van der Waals surface area contributed by atoms with Crippen molar-refractivity contribution >= 4 is 34.4 Å². The predicted octanol–water partition coefficient (Wildman–Crippen LogP) is 2.27. The van der Waals surface area contributed by atoms with Crippen molar-refractivity contribution in [1.82, 2.24) is 15.5 Å². The molecule has 0 atom stereocenters. The molecule has 0 radical (unpaired) electrons. The lowest BCUT2D eigenvalue weighted by molar-refractivity contribution is -0.120. The maximum atomic E-state index is 12.3. The number of rotatable bonds is 2. The Hall–Kier alpha value is -2.02. The predicted molar refractivity (Wildman–Crippen MR) is 78.0 cm³/mol. The van der Waals surface area contributed by atoms with Crippen molar-refractivity contribution in [2.45, 2.75) is 6.92 Å². The van der Waals surface area contributed by atoms with E-state index in [1.165, 1.54) is 17.3 Å². The number of carbonyl (C=O) groups is 1. The van der Waals surface area contributed by atoms with Crippen LogP contribution in [0.25, 0.3) is 11.0 Å². The maximum absolute atomic E-state index is 12.3. The molecule has 0 aliphatic carbocycles. The number of fused-ring (bicyclic) bond motifs is 1. The zero-order chi connectivity index (χ0) is 14.1. The van der Waals surface area contributed by atoms with Crippen LogP contribution >= 0.6 is 11.8 Å². The van der Waals surface area contributed by atoms with E-state index in [0.29, 0.717) is 4.91 Å². The van der Waals surface area contributed by atoms with Gasteiger partial charge in [0.15, 0.2) is 0 Å². The summed E-state index contributed by atoms with van der Waals surface area (Å²) < 4.78 is 12.3. The van der Waals surface area contributed by atoms with Gasteiger partial charge in [0.1, 0.15) is 5.65 Å². The van der Waals surface area contributed by atoms with E-state index in [-0.39, 0.29) is 0 Å². The van der Waals surface area contributed by atoms with Gasteiger partial charge >= 0.3 is 0 Å². The Kier molecular flexibility index (Phi) is 3.35. The topological polar surface area (TPSA) is 61.0 Å². The number of amides is 1. The number of hydrogen-bond donors (Lipinski definition) is 2. The average Bonchev–Trinajstić information content (AvgIpc) is 2.88. The van der Waals surface area contributed by atoms with Gasteiger partial charge in [-0.3, -0.25) is 4.79 Å². The largest absolute Gasteiger partial charge is 0.346 e. The summed E-state index contributed by atoms with van der Waals surface area (Å²) in [6.07, 6.45) is 5.31. The zero-order valence-electron chi connectivity index (χ0n) is 10.8. The Labute approximate surface area is 119 Å². The second-order valence-corrected chi connectivity index (χ2v) is 5.62. The molecular formula is C13H13FN4OS. The molecule has 104 valence electrons. The molecule has 2 aromatic heterocycles. The fraction of sp³-hybridized carbons (Fsp3) is 0.231. The first-order chi connectivity index (χ1) is 9.70. The van der Waals surface area contributed by atoms with Crippen molar-refractivity contribution in [3.63, 3.8) is 0 Å². The van der Waals surface area contributed by atoms with Gasteiger partial charge in [-0.1, -0.05) is 4.48 Å². The van der Waals surface area contributed by atoms with E-state index in [1.807, 2.05) is 24.1 Å². The number of hydrogen-bond acceptors (Lipinski definition) is 4. The number of halogens is 1. The van der Waals surface area contributed by atoms with E-state index in [9.17, 15) is 9.28 Å². The van der Waals surface area contributed by atoms with Crippen LogP contribution in [-0.2, 0) is 4.79 Å². The summed E-state index contributed by atoms with van der Waals surface area (Å²) in [5, 5.41) is 1.02. The number of nitrogens with one attached hydrogen (secondary N) is 2. The molecule has 20 heavy (non-hydrogen) atoms. The van der Waals surface area contributed by atoms with Crippen LogP contribution < -0.4 is 10.4 Å². The van der Waals surface area contributed by atoms with E-state index in [0.717, 1.165) is 34.6 Å². The molecule has 2 aromatic rings. The number of nitrogens with zero attached hydrogens (tertiary/aromatic N) is 2. The van der Waals surface area contributed by atoms with E-state index in [2.05, 4.69) is 9.97 Å². The average molecular weight is 292 g/mol. The smallest absolute Gasteiger partial charge is 0.286 e. The lowest BCUT2D eigenvalue weighted by Crippen LogP contribution is -2.27. The molecule has 2 N–H and O–H groups in total. The number of pyridine rings is 1. The highest BCUT2D eigenvalue weighted by Crippen LogP contribution is 2.32. The van der Waals surface area contributed by atoms with Crippen LogP contribution in [0.3, 0.4) is 0 Å². The summed E-state index contributed by atoms with van der Waals surface area (Å²) in [4.78, 5) is 21.1. The summed E-state index contributed by atoms with van der Waals surface area (Å²) in [7, 11) is 0. The van der Waals surface area contributed by atoms with Crippen molar-refractivity contribution in [2.24, 2.45) is 0 Å². The molecule has 0 unspecified atom stereocenters. The van der Waals surface area contributed by atoms with Crippen LogP contribution in [0.4, 0.5) is 10.2 Å². The first-order valence-corrected chi connectivity index (χ1v) is 7.14. The SMILES string of the molecule is Cc1c[nH]c2nccc(N3C=C(C(=O)NF)SCC3)c12. The van der Waals surface area contributed by atoms with Gasteiger partial charge in [-0.25, -0.2) is 4.98 Å². The lowest BCUT2D eigenvalue weighted by atomic mass is 10.2. The van der Waals surface area contributed by atoms with Gasteiger partial charge in [0.05, 0.1) is 10.6 Å². The van der Waals surface area contributed by atoms with E-state index < -0.39 is 5.91 Å². The second kappa shape index (κ2) is 5.16. The van der Waals surface area contributed by atoms with E-state index in [1.54, 1.807) is 12.4 Å². The third-order valence-electron chi connectivity index (χ3n) is 3.23. The number of aromatic amines is 1. The summed E-state index contributed by atoms with van der Waals surface area (Å²) in [6, 6.07) is 1.90. The quantitative estimate of drug-likeness (QED) is 0.834. The van der Waals surface area contributed by atoms with E-state index in [4.69, 9.17) is 0 Å². The fourth-order valence-corrected chi connectivity index (χ4v) is 3.18. The van der Waals surface area contributed by atoms with Gasteiger partial charge in [-0.2, -0.15) is 5.54 Å². The van der Waals surface area contributed by atoms with E-state index >= 15 is 0 Å². The minimum atomic E-state index is -0.698. The number of carbonyl (C=O) groups excluding carboxylic acids is 1. The molecule has 1 aliphatic heterocycles. The van der Waals surface area contributed by atoms with Crippen molar-refractivity contribution < 1.29 is 9.28 Å². The Morgan fingerprint density at radius 3 is 3.25 bits per heavy atom. The highest BCUT2D eigenvalue weighted by atomic mass is 32.2. The molecule has 1 amide bonds. The summed E-state index contributed by atoms with van der Waals surface area (Å²) in [5.74, 6) is 0.0304. The Balaban J connectivity index is 2.07. The number of aryl methyl sites for hydroxylation is 1. The van der Waals surface area contributed by atoms with Gasteiger partial charge in [-0.05, 0) is 18.6 Å². The van der Waals surface area contributed by atoms with Crippen molar-refractivity contribution in [3.8, 4) is 0 Å².